The molecule has 9 rings (SSSR count). The Morgan fingerprint density at radius 3 is 2.08 bits per heavy atom. The van der Waals surface area contributed by atoms with Crippen molar-refractivity contribution in [2.45, 2.75) is 9.79 Å². The van der Waals surface area contributed by atoms with Crippen LogP contribution in [0.2, 0.25) is 0 Å². The third-order valence-electron chi connectivity index (χ3n) is 8.39. The van der Waals surface area contributed by atoms with Gasteiger partial charge in [-0.2, -0.15) is 0 Å². The molecule has 1 aliphatic rings. The number of hydrogen-bond acceptors (Lipinski definition) is 1. The Morgan fingerprint density at radius 2 is 1.12 bits per heavy atom. The van der Waals surface area contributed by atoms with Crippen LogP contribution in [-0.2, 0) is 0 Å². The molecule has 0 N–H and O–H groups in total. The van der Waals surface area contributed by atoms with Crippen molar-refractivity contribution in [3.05, 3.63) is 140 Å². The molecule has 1 aromatic heterocycles. The summed E-state index contributed by atoms with van der Waals surface area (Å²) in [5.41, 5.74) is 8.85. The van der Waals surface area contributed by atoms with E-state index in [1.54, 1.807) is 0 Å². The van der Waals surface area contributed by atoms with Crippen molar-refractivity contribution in [2.75, 3.05) is 0 Å². The molecule has 40 heavy (non-hydrogen) atoms. The zero-order valence-corrected chi connectivity index (χ0v) is 22.5. The van der Waals surface area contributed by atoms with Crippen LogP contribution in [0, 0.1) is 0 Å². The number of hydrogen-bond donors (Lipinski definition) is 0. The zero-order chi connectivity index (χ0) is 26.2. The van der Waals surface area contributed by atoms with Crippen LogP contribution in [0.15, 0.2) is 149 Å². The Hall–Kier alpha value is -4.79. The first kappa shape index (κ1) is 22.1. The molecule has 0 unspecified atom stereocenters. The van der Waals surface area contributed by atoms with Crippen LogP contribution in [0.1, 0.15) is 0 Å². The van der Waals surface area contributed by atoms with E-state index in [2.05, 4.69) is 144 Å². The molecule has 0 fully saturated rings. The summed E-state index contributed by atoms with van der Waals surface area (Å²) in [6.07, 6.45) is 0. The number of fused-ring (bicyclic) bond motifs is 7. The Balaban J connectivity index is 1.39. The van der Waals surface area contributed by atoms with Gasteiger partial charge in [-0.1, -0.05) is 127 Å². The first-order chi connectivity index (χ1) is 19.9. The van der Waals surface area contributed by atoms with Gasteiger partial charge in [0.25, 0.3) is 0 Å². The average molecular weight is 526 g/mol. The van der Waals surface area contributed by atoms with Crippen molar-refractivity contribution in [3.8, 4) is 27.9 Å². The van der Waals surface area contributed by atoms with Crippen molar-refractivity contribution in [1.82, 2.24) is 4.57 Å². The summed E-state index contributed by atoms with van der Waals surface area (Å²) < 4.78 is 2.49. The van der Waals surface area contributed by atoms with Crippen molar-refractivity contribution >= 4 is 55.1 Å². The van der Waals surface area contributed by atoms with E-state index in [1.807, 2.05) is 11.8 Å². The average Bonchev–Trinajstić information content (AvgIpc) is 3.36. The van der Waals surface area contributed by atoms with Crippen molar-refractivity contribution < 1.29 is 0 Å². The van der Waals surface area contributed by atoms with Crippen molar-refractivity contribution in [1.29, 1.82) is 0 Å². The highest BCUT2D eigenvalue weighted by Crippen LogP contribution is 2.50. The third-order valence-corrected chi connectivity index (χ3v) is 9.53. The van der Waals surface area contributed by atoms with Gasteiger partial charge >= 0.3 is 0 Å². The van der Waals surface area contributed by atoms with E-state index in [0.29, 0.717) is 0 Å². The minimum absolute atomic E-state index is 1.20. The fraction of sp³-hybridized carbons (Fsp3) is 0. The maximum absolute atomic E-state index is 2.49. The molecular formula is C38H23NS. The standard InChI is InChI=1S/C38H23NS/c1-2-11-25-24(10-1)20-21-32-28-13-4-7-18-34(28)39(38(25)32)33-17-6-3-12-27(33)26-22-23-36-37-30(26)15-9-16-31(37)29-14-5-8-19-35(29)40-36/h1-23H. The monoisotopic (exact) mass is 525 g/mol. The molecule has 186 valence electrons. The second kappa shape index (κ2) is 8.35. The van der Waals surface area contributed by atoms with E-state index >= 15 is 0 Å². The maximum atomic E-state index is 2.49. The van der Waals surface area contributed by atoms with Crippen LogP contribution >= 0.6 is 11.8 Å². The van der Waals surface area contributed by atoms with Crippen molar-refractivity contribution in [3.63, 3.8) is 0 Å². The highest BCUT2D eigenvalue weighted by atomic mass is 32.2. The molecule has 0 bridgehead atoms. The molecule has 0 radical (unpaired) electrons. The van der Waals surface area contributed by atoms with Gasteiger partial charge in [-0.15, -0.1) is 0 Å². The number of nitrogens with zero attached hydrogens (tertiary/aromatic N) is 1. The summed E-state index contributed by atoms with van der Waals surface area (Å²) in [6.45, 7) is 0. The lowest BCUT2D eigenvalue weighted by atomic mass is 9.92. The normalized spacial score (nSPS) is 12.4. The van der Waals surface area contributed by atoms with E-state index in [1.165, 1.54) is 81.1 Å². The summed E-state index contributed by atoms with van der Waals surface area (Å²) in [6, 6.07) is 51.2. The highest BCUT2D eigenvalue weighted by Gasteiger charge is 2.22. The summed E-state index contributed by atoms with van der Waals surface area (Å²) >= 11 is 1.88. The first-order valence-electron chi connectivity index (χ1n) is 13.7. The predicted octanol–water partition coefficient (Wildman–Crippen LogP) is 10.9. The fourth-order valence-corrected chi connectivity index (χ4v) is 7.82. The molecule has 2 heteroatoms. The molecular weight excluding hydrogens is 502 g/mol. The van der Waals surface area contributed by atoms with Crippen LogP contribution in [0.25, 0.3) is 71.3 Å². The van der Waals surface area contributed by atoms with Crippen molar-refractivity contribution in [2.24, 2.45) is 0 Å². The van der Waals surface area contributed by atoms with Crippen LogP contribution in [0.3, 0.4) is 0 Å². The Morgan fingerprint density at radius 1 is 0.400 bits per heavy atom. The molecule has 0 atom stereocenters. The molecule has 0 saturated heterocycles. The van der Waals surface area contributed by atoms with E-state index < -0.39 is 0 Å². The smallest absolute Gasteiger partial charge is 0.0619 e. The van der Waals surface area contributed by atoms with Gasteiger partial charge in [0, 0.05) is 36.9 Å². The number of benzene rings is 7. The van der Waals surface area contributed by atoms with E-state index in [9.17, 15) is 0 Å². The molecule has 8 aromatic rings. The Kier molecular flexibility index (Phi) is 4.61. The number of para-hydroxylation sites is 2. The largest absolute Gasteiger partial charge is 0.308 e. The fourth-order valence-electron chi connectivity index (χ4n) is 6.69. The molecule has 1 aliphatic heterocycles. The van der Waals surface area contributed by atoms with Crippen LogP contribution in [0.4, 0.5) is 0 Å². The first-order valence-corrected chi connectivity index (χ1v) is 14.5. The topological polar surface area (TPSA) is 4.93 Å². The van der Waals surface area contributed by atoms with Crippen LogP contribution in [0.5, 0.6) is 0 Å². The lowest BCUT2D eigenvalue weighted by molar-refractivity contribution is 1.19. The molecule has 2 heterocycles. The second-order valence-corrected chi connectivity index (χ2v) is 11.6. The summed E-state index contributed by atoms with van der Waals surface area (Å²) in [5, 5.41) is 7.75. The van der Waals surface area contributed by atoms with E-state index in [4.69, 9.17) is 0 Å². The molecule has 7 aromatic carbocycles. The zero-order valence-electron chi connectivity index (χ0n) is 21.6. The predicted molar refractivity (Wildman–Crippen MR) is 171 cm³/mol. The highest BCUT2D eigenvalue weighted by molar-refractivity contribution is 7.99. The minimum Gasteiger partial charge on any atom is -0.308 e. The number of aromatic nitrogens is 1. The lowest BCUT2D eigenvalue weighted by Crippen LogP contribution is -1.99. The van der Waals surface area contributed by atoms with Crippen LogP contribution in [-0.4, -0.2) is 4.57 Å². The minimum atomic E-state index is 1.20. The second-order valence-electron chi connectivity index (χ2n) is 10.5. The van der Waals surface area contributed by atoms with Gasteiger partial charge in [0.2, 0.25) is 0 Å². The van der Waals surface area contributed by atoms with Gasteiger partial charge in [0.1, 0.15) is 0 Å². The quantitative estimate of drug-likeness (QED) is 0.217. The van der Waals surface area contributed by atoms with Crippen LogP contribution < -0.4 is 0 Å². The van der Waals surface area contributed by atoms with Gasteiger partial charge in [-0.3, -0.25) is 0 Å². The maximum Gasteiger partial charge on any atom is 0.0619 e. The van der Waals surface area contributed by atoms with Gasteiger partial charge in [0.05, 0.1) is 16.7 Å². The Bertz CT molecular complexity index is 2310. The summed E-state index contributed by atoms with van der Waals surface area (Å²) in [4.78, 5) is 2.65. The third kappa shape index (κ3) is 3.00. The number of rotatable bonds is 2. The molecule has 0 saturated carbocycles. The van der Waals surface area contributed by atoms with Gasteiger partial charge in [0.15, 0.2) is 0 Å². The molecule has 1 nitrogen and oxygen atoms in total. The Labute approximate surface area is 236 Å². The summed E-state index contributed by atoms with van der Waals surface area (Å²) in [5.74, 6) is 0. The van der Waals surface area contributed by atoms with Gasteiger partial charge < -0.3 is 4.57 Å². The van der Waals surface area contributed by atoms with E-state index in [0.717, 1.165) is 0 Å². The summed E-state index contributed by atoms with van der Waals surface area (Å²) in [7, 11) is 0. The van der Waals surface area contributed by atoms with Gasteiger partial charge in [-0.05, 0) is 51.7 Å². The van der Waals surface area contributed by atoms with E-state index in [-0.39, 0.29) is 0 Å². The molecule has 0 amide bonds. The molecule has 0 spiro atoms. The SMILES string of the molecule is c1ccc2c(c1)Sc1ccc(-c3ccccc3-n3c4ccccc4c4ccc5ccccc5c43)c3cccc-2c13. The van der Waals surface area contributed by atoms with Gasteiger partial charge in [-0.25, -0.2) is 0 Å². The lowest BCUT2D eigenvalue weighted by Gasteiger charge is -2.22. The molecule has 0 aliphatic carbocycles.